The number of fused-ring (bicyclic) bond motifs is 1. The molecule has 0 saturated carbocycles. The molecule has 228 valence electrons. The molecule has 5 rings (SSSR count). The van der Waals surface area contributed by atoms with Crippen molar-refractivity contribution in [2.75, 3.05) is 38.1 Å². The molecule has 8 heteroatoms. The van der Waals surface area contributed by atoms with Crippen LogP contribution in [-0.4, -0.2) is 60.8 Å². The Balaban J connectivity index is 1.05. The number of hydrogen-bond donors (Lipinski definition) is 2. The van der Waals surface area contributed by atoms with Gasteiger partial charge in [-0.1, -0.05) is 80.4 Å². The fraction of sp³-hybridized carbons (Fsp3) is 0.429. The molecule has 2 amide bonds. The molecule has 0 atom stereocenters. The molecular formula is C35H44N4O4. The van der Waals surface area contributed by atoms with Gasteiger partial charge in [-0.05, 0) is 48.1 Å². The van der Waals surface area contributed by atoms with Crippen molar-refractivity contribution in [3.05, 3.63) is 83.9 Å². The van der Waals surface area contributed by atoms with Crippen LogP contribution in [0.3, 0.4) is 0 Å². The van der Waals surface area contributed by atoms with Crippen molar-refractivity contribution < 1.29 is 19.1 Å². The van der Waals surface area contributed by atoms with Gasteiger partial charge < -0.3 is 14.4 Å². The van der Waals surface area contributed by atoms with Gasteiger partial charge in [-0.3, -0.25) is 15.1 Å². The smallest absolute Gasteiger partial charge is 0.411 e. The second kappa shape index (κ2) is 15.5. The van der Waals surface area contributed by atoms with Gasteiger partial charge in [-0.15, -0.1) is 0 Å². The Morgan fingerprint density at radius 2 is 1.79 bits per heavy atom. The van der Waals surface area contributed by atoms with E-state index in [0.717, 1.165) is 86.3 Å². The lowest BCUT2D eigenvalue weighted by Crippen LogP contribution is -2.45. The monoisotopic (exact) mass is 584 g/mol. The maximum Gasteiger partial charge on any atom is 0.411 e. The summed E-state index contributed by atoms with van der Waals surface area (Å²) in [5.74, 6) is 1.10. The number of ether oxygens (including phenoxy) is 2. The van der Waals surface area contributed by atoms with Gasteiger partial charge in [0.1, 0.15) is 11.9 Å². The third-order valence-corrected chi connectivity index (χ3v) is 8.21. The number of piperidine rings is 1. The zero-order valence-corrected chi connectivity index (χ0v) is 25.2. The van der Waals surface area contributed by atoms with E-state index in [1.807, 2.05) is 65.7 Å². The Morgan fingerprint density at radius 3 is 2.60 bits per heavy atom. The number of benzene rings is 3. The molecule has 1 fully saturated rings. The number of amides is 2. The highest BCUT2D eigenvalue weighted by Gasteiger charge is 2.24. The number of hydrazine groups is 1. The van der Waals surface area contributed by atoms with E-state index in [1.165, 1.54) is 5.56 Å². The number of hydrogen-bond acceptors (Lipinski definition) is 6. The molecule has 2 aliphatic heterocycles. The van der Waals surface area contributed by atoms with Crippen molar-refractivity contribution in [1.82, 2.24) is 15.3 Å². The number of carbonyl (C=O) groups excluding carboxylic acids is 2. The third-order valence-electron chi connectivity index (χ3n) is 8.21. The van der Waals surface area contributed by atoms with Crippen molar-refractivity contribution in [2.24, 2.45) is 0 Å². The van der Waals surface area contributed by atoms with E-state index >= 15 is 0 Å². The molecule has 3 aromatic carbocycles. The fourth-order valence-corrected chi connectivity index (χ4v) is 5.74. The SMILES string of the molecule is CCCCCN(NCc1ccc2c(c1)CCO2)C(=O)CCN1CCC(OC(=O)Nc2ccccc2-c2ccccc2)CC1. The molecule has 8 nitrogen and oxygen atoms in total. The second-order valence-electron chi connectivity index (χ2n) is 11.4. The minimum atomic E-state index is -0.429. The van der Waals surface area contributed by atoms with Crippen molar-refractivity contribution in [3.63, 3.8) is 0 Å². The number of nitrogens with zero attached hydrogens (tertiary/aromatic N) is 2. The Bertz CT molecular complexity index is 1340. The average molecular weight is 585 g/mol. The lowest BCUT2D eigenvalue weighted by molar-refractivity contribution is -0.135. The van der Waals surface area contributed by atoms with Crippen LogP contribution in [0.15, 0.2) is 72.8 Å². The lowest BCUT2D eigenvalue weighted by Gasteiger charge is -2.32. The van der Waals surface area contributed by atoms with E-state index in [9.17, 15) is 9.59 Å². The van der Waals surface area contributed by atoms with Crippen molar-refractivity contribution >= 4 is 17.7 Å². The van der Waals surface area contributed by atoms with E-state index in [1.54, 1.807) is 0 Å². The van der Waals surface area contributed by atoms with Gasteiger partial charge in [0, 0.05) is 51.1 Å². The first-order chi connectivity index (χ1) is 21.1. The first-order valence-corrected chi connectivity index (χ1v) is 15.7. The van der Waals surface area contributed by atoms with Crippen molar-refractivity contribution in [1.29, 1.82) is 0 Å². The predicted octanol–water partition coefficient (Wildman–Crippen LogP) is 6.42. The zero-order valence-electron chi connectivity index (χ0n) is 25.2. The average Bonchev–Trinajstić information content (AvgIpc) is 3.51. The van der Waals surface area contributed by atoms with E-state index in [4.69, 9.17) is 9.47 Å². The van der Waals surface area contributed by atoms with E-state index in [0.29, 0.717) is 26.1 Å². The predicted molar refractivity (Wildman–Crippen MR) is 170 cm³/mol. The number of carbonyl (C=O) groups is 2. The van der Waals surface area contributed by atoms with Crippen LogP contribution < -0.4 is 15.5 Å². The molecule has 0 radical (unpaired) electrons. The Kier molecular flexibility index (Phi) is 11.1. The molecule has 0 unspecified atom stereocenters. The third kappa shape index (κ3) is 8.81. The summed E-state index contributed by atoms with van der Waals surface area (Å²) in [6.45, 7) is 6.54. The largest absolute Gasteiger partial charge is 0.493 e. The number of unbranched alkanes of at least 4 members (excludes halogenated alkanes) is 2. The number of para-hydroxylation sites is 1. The summed E-state index contributed by atoms with van der Waals surface area (Å²) in [7, 11) is 0. The van der Waals surface area contributed by atoms with Gasteiger partial charge in [0.25, 0.3) is 0 Å². The Morgan fingerprint density at radius 1 is 1.00 bits per heavy atom. The summed E-state index contributed by atoms with van der Waals surface area (Å²) in [6.07, 6.45) is 5.53. The van der Waals surface area contributed by atoms with Gasteiger partial charge in [0.15, 0.2) is 0 Å². The summed E-state index contributed by atoms with van der Waals surface area (Å²) < 4.78 is 11.4. The molecule has 0 aromatic heterocycles. The Hall–Kier alpha value is -3.88. The molecule has 3 aromatic rings. The van der Waals surface area contributed by atoms with E-state index < -0.39 is 6.09 Å². The van der Waals surface area contributed by atoms with Gasteiger partial charge >= 0.3 is 6.09 Å². The fourth-order valence-electron chi connectivity index (χ4n) is 5.74. The van der Waals surface area contributed by atoms with E-state index in [2.05, 4.69) is 34.7 Å². The van der Waals surface area contributed by atoms with Crippen LogP contribution in [-0.2, 0) is 22.5 Å². The summed E-state index contributed by atoms with van der Waals surface area (Å²) in [6, 6.07) is 24.0. The van der Waals surface area contributed by atoms with Crippen LogP contribution in [0.2, 0.25) is 0 Å². The molecule has 2 aliphatic rings. The van der Waals surface area contributed by atoms with Crippen LogP contribution in [0.1, 0.15) is 56.6 Å². The van der Waals surface area contributed by atoms with Crippen LogP contribution in [0.25, 0.3) is 11.1 Å². The minimum Gasteiger partial charge on any atom is -0.493 e. The first-order valence-electron chi connectivity index (χ1n) is 15.7. The molecule has 43 heavy (non-hydrogen) atoms. The highest BCUT2D eigenvalue weighted by atomic mass is 16.6. The highest BCUT2D eigenvalue weighted by Crippen LogP contribution is 2.28. The van der Waals surface area contributed by atoms with Gasteiger partial charge in [-0.25, -0.2) is 10.2 Å². The topological polar surface area (TPSA) is 83.1 Å². The molecular weight excluding hydrogens is 540 g/mol. The normalized spacial score (nSPS) is 15.0. The molecule has 2 heterocycles. The van der Waals surface area contributed by atoms with Crippen LogP contribution in [0, 0.1) is 0 Å². The lowest BCUT2D eigenvalue weighted by atomic mass is 10.0. The molecule has 1 saturated heterocycles. The standard InChI is InChI=1S/C35H44N4O4/c1-2-3-9-20-39(36-26-27-14-15-33-29(25-27)19-24-42-33)34(40)18-23-38-21-16-30(17-22-38)43-35(41)37-32-13-8-7-12-31(32)28-10-5-4-6-11-28/h4-8,10-15,25,30,36H,2-3,9,16-24,26H2,1H3,(H,37,41). The summed E-state index contributed by atoms with van der Waals surface area (Å²) in [4.78, 5) is 28.3. The first kappa shape index (κ1) is 30.6. The minimum absolute atomic E-state index is 0.121. The summed E-state index contributed by atoms with van der Waals surface area (Å²) in [5.41, 5.74) is 8.53. The summed E-state index contributed by atoms with van der Waals surface area (Å²) in [5, 5.41) is 4.75. The second-order valence-corrected chi connectivity index (χ2v) is 11.4. The summed E-state index contributed by atoms with van der Waals surface area (Å²) >= 11 is 0. The number of nitrogens with one attached hydrogen (secondary N) is 2. The maximum atomic E-state index is 13.2. The molecule has 0 bridgehead atoms. The number of likely N-dealkylation sites (tertiary alicyclic amines) is 1. The van der Waals surface area contributed by atoms with Crippen LogP contribution in [0.5, 0.6) is 5.75 Å². The molecule has 2 N–H and O–H groups in total. The quantitative estimate of drug-likeness (QED) is 0.178. The Labute approximate surface area is 255 Å². The van der Waals surface area contributed by atoms with Crippen LogP contribution >= 0.6 is 0 Å². The highest BCUT2D eigenvalue weighted by molar-refractivity contribution is 5.91. The number of anilines is 1. The van der Waals surface area contributed by atoms with E-state index in [-0.39, 0.29) is 12.0 Å². The van der Waals surface area contributed by atoms with Crippen molar-refractivity contribution in [3.8, 4) is 16.9 Å². The molecule has 0 spiro atoms. The molecule has 0 aliphatic carbocycles. The van der Waals surface area contributed by atoms with Crippen LogP contribution in [0.4, 0.5) is 10.5 Å². The van der Waals surface area contributed by atoms with Gasteiger partial charge in [0.2, 0.25) is 5.91 Å². The van der Waals surface area contributed by atoms with Gasteiger partial charge in [0.05, 0.1) is 12.3 Å². The van der Waals surface area contributed by atoms with Gasteiger partial charge in [-0.2, -0.15) is 0 Å². The maximum absolute atomic E-state index is 13.2. The zero-order chi connectivity index (χ0) is 29.9. The van der Waals surface area contributed by atoms with Crippen molar-refractivity contribution in [2.45, 2.75) is 64.5 Å². The number of rotatable bonds is 13.